The Labute approximate surface area is 159 Å². The van der Waals surface area contributed by atoms with E-state index in [1.165, 1.54) is 12.1 Å². The van der Waals surface area contributed by atoms with E-state index in [4.69, 9.17) is 5.14 Å². The molecule has 0 heterocycles. The molecule has 0 saturated heterocycles. The summed E-state index contributed by atoms with van der Waals surface area (Å²) >= 11 is 0. The van der Waals surface area contributed by atoms with Crippen molar-refractivity contribution in [2.75, 3.05) is 11.9 Å². The number of hydrogen-bond donors (Lipinski definition) is 3. The topological polar surface area (TPSA) is 118 Å². The Balaban J connectivity index is 1.84. The third-order valence-corrected chi connectivity index (χ3v) is 4.79. The van der Waals surface area contributed by atoms with Gasteiger partial charge in [-0.3, -0.25) is 9.59 Å². The van der Waals surface area contributed by atoms with E-state index in [1.54, 1.807) is 36.4 Å². The molecule has 0 fully saturated rings. The Morgan fingerprint density at radius 1 is 1.00 bits per heavy atom. The molecule has 2 aromatic rings. The number of hydrogen-bond acceptors (Lipinski definition) is 4. The number of nitrogens with two attached hydrogens (primary N) is 1. The second-order valence-electron chi connectivity index (χ2n) is 6.07. The smallest absolute Gasteiger partial charge is 0.251 e. The van der Waals surface area contributed by atoms with Gasteiger partial charge in [-0.15, -0.1) is 0 Å². The van der Waals surface area contributed by atoms with Crippen molar-refractivity contribution in [1.82, 2.24) is 5.32 Å². The molecule has 2 rings (SSSR count). The molecule has 4 N–H and O–H groups in total. The Morgan fingerprint density at radius 2 is 1.63 bits per heavy atom. The third kappa shape index (κ3) is 6.50. The van der Waals surface area contributed by atoms with Crippen LogP contribution in [0.2, 0.25) is 0 Å². The first-order valence-electron chi connectivity index (χ1n) is 8.59. The Hall–Kier alpha value is -2.71. The quantitative estimate of drug-likeness (QED) is 0.640. The number of amides is 2. The summed E-state index contributed by atoms with van der Waals surface area (Å²) in [5, 5.41) is 10.6. The molecule has 0 aliphatic carbocycles. The standard InChI is InChI=1S/C19H23N3O4S/c1-2-3-18(23)22-16-8-6-15(7-9-16)19(24)21-13-12-14-4-10-17(11-5-14)27(20,25)26/h4-11H,2-3,12-13H2,1H3,(H,21,24)(H,22,23)(H2,20,25,26). The van der Waals surface area contributed by atoms with Crippen LogP contribution in [0.1, 0.15) is 35.7 Å². The fraction of sp³-hybridized carbons (Fsp3) is 0.263. The highest BCUT2D eigenvalue weighted by Gasteiger charge is 2.08. The number of anilines is 1. The number of sulfonamides is 1. The van der Waals surface area contributed by atoms with Crippen LogP contribution >= 0.6 is 0 Å². The molecular weight excluding hydrogens is 366 g/mol. The Kier molecular flexibility index (Phi) is 7.09. The highest BCUT2D eigenvalue weighted by molar-refractivity contribution is 7.89. The molecule has 2 amide bonds. The van der Waals surface area contributed by atoms with Gasteiger partial charge in [0.1, 0.15) is 0 Å². The second kappa shape index (κ2) is 9.29. The average Bonchev–Trinajstić information content (AvgIpc) is 2.62. The van der Waals surface area contributed by atoms with Crippen LogP contribution in [0.25, 0.3) is 0 Å². The van der Waals surface area contributed by atoms with Crippen LogP contribution in [-0.2, 0) is 21.2 Å². The predicted octanol–water partition coefficient (Wildman–Crippen LogP) is 2.05. The lowest BCUT2D eigenvalue weighted by Gasteiger charge is -2.08. The number of carbonyl (C=O) groups excluding carboxylic acids is 2. The highest BCUT2D eigenvalue weighted by atomic mass is 32.2. The largest absolute Gasteiger partial charge is 0.352 e. The summed E-state index contributed by atoms with van der Waals surface area (Å²) in [4.78, 5) is 23.8. The first-order valence-corrected chi connectivity index (χ1v) is 10.1. The molecule has 0 aliphatic rings. The fourth-order valence-electron chi connectivity index (χ4n) is 2.42. The summed E-state index contributed by atoms with van der Waals surface area (Å²) in [5.74, 6) is -0.272. The molecule has 0 unspecified atom stereocenters. The van der Waals surface area contributed by atoms with E-state index in [0.29, 0.717) is 30.6 Å². The molecule has 0 aliphatic heterocycles. The third-order valence-electron chi connectivity index (χ3n) is 3.86. The minimum Gasteiger partial charge on any atom is -0.352 e. The molecular formula is C19H23N3O4S. The summed E-state index contributed by atoms with van der Waals surface area (Å²) < 4.78 is 22.4. The van der Waals surface area contributed by atoms with Crippen LogP contribution in [-0.4, -0.2) is 26.8 Å². The van der Waals surface area contributed by atoms with Crippen molar-refractivity contribution < 1.29 is 18.0 Å². The van der Waals surface area contributed by atoms with Gasteiger partial charge in [0.25, 0.3) is 5.91 Å². The predicted molar refractivity (Wildman–Crippen MR) is 104 cm³/mol. The molecule has 0 bridgehead atoms. The van der Waals surface area contributed by atoms with Gasteiger partial charge in [0, 0.05) is 24.2 Å². The van der Waals surface area contributed by atoms with Crippen LogP contribution in [0.3, 0.4) is 0 Å². The van der Waals surface area contributed by atoms with Gasteiger partial charge in [-0.1, -0.05) is 19.1 Å². The van der Waals surface area contributed by atoms with Crippen molar-refractivity contribution in [3.8, 4) is 0 Å². The van der Waals surface area contributed by atoms with Gasteiger partial charge in [0.2, 0.25) is 15.9 Å². The molecule has 8 heteroatoms. The zero-order valence-electron chi connectivity index (χ0n) is 15.1. The maximum absolute atomic E-state index is 12.2. The second-order valence-corrected chi connectivity index (χ2v) is 7.63. The van der Waals surface area contributed by atoms with Crippen molar-refractivity contribution in [2.45, 2.75) is 31.1 Å². The number of nitrogens with one attached hydrogen (secondary N) is 2. The van der Waals surface area contributed by atoms with Gasteiger partial charge in [-0.25, -0.2) is 13.6 Å². The number of carbonyl (C=O) groups is 2. The molecule has 0 atom stereocenters. The lowest BCUT2D eigenvalue weighted by molar-refractivity contribution is -0.116. The summed E-state index contributed by atoms with van der Waals surface area (Å²) in [6.45, 7) is 2.34. The van der Waals surface area contributed by atoms with Gasteiger partial charge in [-0.2, -0.15) is 0 Å². The van der Waals surface area contributed by atoms with Gasteiger partial charge in [0.05, 0.1) is 4.90 Å². The fourth-order valence-corrected chi connectivity index (χ4v) is 2.94. The lowest BCUT2D eigenvalue weighted by Crippen LogP contribution is -2.25. The minimum absolute atomic E-state index is 0.0526. The van der Waals surface area contributed by atoms with Gasteiger partial charge >= 0.3 is 0 Å². The normalized spacial score (nSPS) is 11.0. The Bertz CT molecular complexity index is 892. The van der Waals surface area contributed by atoms with Crippen LogP contribution in [0.4, 0.5) is 5.69 Å². The maximum atomic E-state index is 12.2. The van der Waals surface area contributed by atoms with E-state index in [2.05, 4.69) is 10.6 Å². The minimum atomic E-state index is -3.70. The molecule has 2 aromatic carbocycles. The van der Waals surface area contributed by atoms with Crippen LogP contribution in [0, 0.1) is 0 Å². The highest BCUT2D eigenvalue weighted by Crippen LogP contribution is 2.11. The van der Waals surface area contributed by atoms with Crippen molar-refractivity contribution in [3.05, 3.63) is 59.7 Å². The van der Waals surface area contributed by atoms with E-state index in [1.807, 2.05) is 6.92 Å². The summed E-state index contributed by atoms with van der Waals surface area (Å²) in [6, 6.07) is 12.9. The van der Waals surface area contributed by atoms with Gasteiger partial charge in [-0.05, 0) is 54.8 Å². The average molecular weight is 389 g/mol. The van der Waals surface area contributed by atoms with Crippen molar-refractivity contribution in [1.29, 1.82) is 0 Å². The van der Waals surface area contributed by atoms with Gasteiger partial charge in [0.15, 0.2) is 0 Å². The van der Waals surface area contributed by atoms with E-state index in [-0.39, 0.29) is 16.7 Å². The zero-order chi connectivity index (χ0) is 19.9. The van der Waals surface area contributed by atoms with Gasteiger partial charge < -0.3 is 10.6 Å². The van der Waals surface area contributed by atoms with Crippen molar-refractivity contribution >= 4 is 27.5 Å². The van der Waals surface area contributed by atoms with E-state index in [9.17, 15) is 18.0 Å². The maximum Gasteiger partial charge on any atom is 0.251 e. The summed E-state index contributed by atoms with van der Waals surface area (Å²) in [7, 11) is -3.70. The number of rotatable bonds is 8. The summed E-state index contributed by atoms with van der Waals surface area (Å²) in [6.07, 6.45) is 1.79. The molecule has 0 aromatic heterocycles. The molecule has 144 valence electrons. The molecule has 0 radical (unpaired) electrons. The van der Waals surface area contributed by atoms with Crippen LogP contribution < -0.4 is 15.8 Å². The van der Waals surface area contributed by atoms with E-state index in [0.717, 1.165) is 12.0 Å². The monoisotopic (exact) mass is 389 g/mol. The van der Waals surface area contributed by atoms with E-state index < -0.39 is 10.0 Å². The number of primary sulfonamides is 1. The molecule has 0 spiro atoms. The zero-order valence-corrected chi connectivity index (χ0v) is 15.9. The molecule has 7 nitrogen and oxygen atoms in total. The van der Waals surface area contributed by atoms with Crippen LogP contribution in [0.15, 0.2) is 53.4 Å². The van der Waals surface area contributed by atoms with E-state index >= 15 is 0 Å². The SMILES string of the molecule is CCCC(=O)Nc1ccc(C(=O)NCCc2ccc(S(N)(=O)=O)cc2)cc1. The first kappa shape index (κ1) is 20.6. The first-order chi connectivity index (χ1) is 12.8. The number of benzene rings is 2. The molecule has 27 heavy (non-hydrogen) atoms. The molecule has 0 saturated carbocycles. The summed E-state index contributed by atoms with van der Waals surface area (Å²) in [5.41, 5.74) is 2.03. The lowest BCUT2D eigenvalue weighted by atomic mass is 10.1. The Morgan fingerprint density at radius 3 is 2.19 bits per heavy atom. The van der Waals surface area contributed by atoms with Crippen molar-refractivity contribution in [2.24, 2.45) is 5.14 Å². The van der Waals surface area contributed by atoms with Crippen LogP contribution in [0.5, 0.6) is 0 Å². The van der Waals surface area contributed by atoms with Crippen molar-refractivity contribution in [3.63, 3.8) is 0 Å².